The van der Waals surface area contributed by atoms with E-state index in [0.29, 0.717) is 0 Å². The summed E-state index contributed by atoms with van der Waals surface area (Å²) in [6, 6.07) is 0. The van der Waals surface area contributed by atoms with E-state index in [-0.39, 0.29) is 0 Å². The van der Waals surface area contributed by atoms with Crippen LogP contribution in [0, 0.1) is 11.8 Å². The lowest BCUT2D eigenvalue weighted by Crippen LogP contribution is -1.96. The molecule has 0 heterocycles. The molecular formula is C8H12. The number of hydrogen-bond acceptors (Lipinski definition) is 0. The number of hydrogen-bond donors (Lipinski definition) is 0. The topological polar surface area (TPSA) is 0 Å². The predicted molar refractivity (Wildman–Crippen MR) is 34.6 cm³/mol. The zero-order chi connectivity index (χ0) is 5.40. The Morgan fingerprint density at radius 1 is 1.25 bits per heavy atom. The second kappa shape index (κ2) is 1.61. The van der Waals surface area contributed by atoms with Crippen LogP contribution in [-0.2, 0) is 0 Å². The van der Waals surface area contributed by atoms with Crippen LogP contribution in [0.25, 0.3) is 0 Å². The Balaban J connectivity index is 2.13. The lowest BCUT2D eigenvalue weighted by Gasteiger charge is -2.04. The zero-order valence-corrected chi connectivity index (χ0v) is 5.14. The van der Waals surface area contributed by atoms with Gasteiger partial charge in [-0.2, -0.15) is 0 Å². The first-order chi connectivity index (χ1) is 3.97. The van der Waals surface area contributed by atoms with E-state index in [0.717, 1.165) is 11.8 Å². The number of rotatable bonds is 0. The molecule has 2 rings (SSSR count). The smallest absolute Gasteiger partial charge is 0.0202 e. The van der Waals surface area contributed by atoms with Crippen LogP contribution in [0.1, 0.15) is 25.7 Å². The minimum atomic E-state index is 0.995. The summed E-state index contributed by atoms with van der Waals surface area (Å²) in [5.41, 5.74) is 0. The largest absolute Gasteiger partial charge is 0.0880 e. The molecule has 0 aromatic rings. The van der Waals surface area contributed by atoms with Crippen LogP contribution in [0.15, 0.2) is 12.2 Å². The van der Waals surface area contributed by atoms with Crippen molar-refractivity contribution in [1.82, 2.24) is 0 Å². The van der Waals surface area contributed by atoms with Gasteiger partial charge in [0.2, 0.25) is 0 Å². The van der Waals surface area contributed by atoms with Crippen molar-refractivity contribution in [2.24, 2.45) is 11.8 Å². The van der Waals surface area contributed by atoms with Crippen LogP contribution in [0.5, 0.6) is 0 Å². The predicted octanol–water partition coefficient (Wildman–Crippen LogP) is 2.36. The average molecular weight is 108 g/mol. The summed E-state index contributed by atoms with van der Waals surface area (Å²) in [4.78, 5) is 0. The molecule has 0 N–H and O–H groups in total. The fourth-order valence-corrected chi connectivity index (χ4v) is 2.04. The van der Waals surface area contributed by atoms with Crippen molar-refractivity contribution >= 4 is 0 Å². The van der Waals surface area contributed by atoms with E-state index in [4.69, 9.17) is 0 Å². The van der Waals surface area contributed by atoms with Crippen molar-refractivity contribution < 1.29 is 0 Å². The normalized spacial score (nSPS) is 43.0. The molecule has 0 spiro atoms. The van der Waals surface area contributed by atoms with Gasteiger partial charge in [0.05, 0.1) is 0 Å². The molecule has 1 saturated carbocycles. The van der Waals surface area contributed by atoms with E-state index in [1.165, 1.54) is 25.7 Å². The van der Waals surface area contributed by atoms with Crippen molar-refractivity contribution in [2.75, 3.05) is 0 Å². The van der Waals surface area contributed by atoms with Crippen LogP contribution in [-0.4, -0.2) is 0 Å². The van der Waals surface area contributed by atoms with Gasteiger partial charge in [0.1, 0.15) is 0 Å². The minimum Gasteiger partial charge on any atom is -0.0880 e. The molecule has 0 amide bonds. The first-order valence-electron chi connectivity index (χ1n) is 3.63. The van der Waals surface area contributed by atoms with Crippen molar-refractivity contribution in [1.29, 1.82) is 0 Å². The first kappa shape index (κ1) is 4.60. The molecule has 44 valence electrons. The number of fused-ring (bicyclic) bond motifs is 1. The maximum Gasteiger partial charge on any atom is -0.0202 e. The molecule has 8 heavy (non-hydrogen) atoms. The van der Waals surface area contributed by atoms with E-state index in [1.807, 2.05) is 0 Å². The highest BCUT2D eigenvalue weighted by Gasteiger charge is 2.26. The van der Waals surface area contributed by atoms with Gasteiger partial charge in [0.15, 0.2) is 0 Å². The van der Waals surface area contributed by atoms with E-state index in [1.54, 1.807) is 0 Å². The molecule has 0 radical (unpaired) electrons. The van der Waals surface area contributed by atoms with E-state index in [2.05, 4.69) is 12.2 Å². The number of allylic oxidation sites excluding steroid dienone is 2. The lowest BCUT2D eigenvalue weighted by molar-refractivity contribution is 0.496. The molecule has 2 aliphatic carbocycles. The summed E-state index contributed by atoms with van der Waals surface area (Å²) >= 11 is 0. The van der Waals surface area contributed by atoms with Crippen LogP contribution in [0.2, 0.25) is 0 Å². The van der Waals surface area contributed by atoms with Crippen LogP contribution in [0.3, 0.4) is 0 Å². The van der Waals surface area contributed by atoms with E-state index < -0.39 is 0 Å². The summed E-state index contributed by atoms with van der Waals surface area (Å²) < 4.78 is 0. The molecule has 0 nitrogen and oxygen atoms in total. The van der Waals surface area contributed by atoms with Gasteiger partial charge in [0.25, 0.3) is 0 Å². The highest BCUT2D eigenvalue weighted by atomic mass is 14.3. The van der Waals surface area contributed by atoms with Gasteiger partial charge in [-0.3, -0.25) is 0 Å². The second-order valence-electron chi connectivity index (χ2n) is 3.02. The molecule has 0 aliphatic heterocycles. The Morgan fingerprint density at radius 3 is 3.12 bits per heavy atom. The van der Waals surface area contributed by atoms with Crippen LogP contribution in [0.4, 0.5) is 0 Å². The van der Waals surface area contributed by atoms with Crippen LogP contribution < -0.4 is 0 Å². The maximum absolute atomic E-state index is 2.41. The summed E-state index contributed by atoms with van der Waals surface area (Å²) in [7, 11) is 0. The third-order valence-corrected chi connectivity index (χ3v) is 2.54. The van der Waals surface area contributed by atoms with Gasteiger partial charge in [-0.05, 0) is 31.1 Å². The fourth-order valence-electron chi connectivity index (χ4n) is 2.04. The van der Waals surface area contributed by atoms with Gasteiger partial charge in [0, 0.05) is 0 Å². The van der Waals surface area contributed by atoms with Gasteiger partial charge >= 0.3 is 0 Å². The minimum absolute atomic E-state index is 0.995. The Morgan fingerprint density at radius 2 is 2.25 bits per heavy atom. The Hall–Kier alpha value is -0.260. The third-order valence-electron chi connectivity index (χ3n) is 2.54. The van der Waals surface area contributed by atoms with E-state index in [9.17, 15) is 0 Å². The quantitative estimate of drug-likeness (QED) is 0.418. The summed E-state index contributed by atoms with van der Waals surface area (Å²) in [6.07, 6.45) is 10.6. The summed E-state index contributed by atoms with van der Waals surface area (Å²) in [5, 5.41) is 0. The summed E-state index contributed by atoms with van der Waals surface area (Å²) in [5.74, 6) is 2.06. The summed E-state index contributed by atoms with van der Waals surface area (Å²) in [6.45, 7) is 0. The molecule has 0 bridgehead atoms. The Bertz CT molecular complexity index is 113. The highest BCUT2D eigenvalue weighted by molar-refractivity contribution is 5.03. The average Bonchev–Trinajstić information content (AvgIpc) is 2.15. The van der Waals surface area contributed by atoms with Gasteiger partial charge in [-0.1, -0.05) is 18.6 Å². The van der Waals surface area contributed by atoms with Crippen molar-refractivity contribution in [3.05, 3.63) is 12.2 Å². The molecule has 1 fully saturated rings. The monoisotopic (exact) mass is 108 g/mol. The van der Waals surface area contributed by atoms with Gasteiger partial charge in [-0.25, -0.2) is 0 Å². The van der Waals surface area contributed by atoms with Crippen molar-refractivity contribution in [3.63, 3.8) is 0 Å². The van der Waals surface area contributed by atoms with E-state index >= 15 is 0 Å². The molecule has 0 heteroatoms. The third kappa shape index (κ3) is 0.521. The SMILES string of the molecule is C1=CC2CCCC2C1. The van der Waals surface area contributed by atoms with Gasteiger partial charge < -0.3 is 0 Å². The highest BCUT2D eigenvalue weighted by Crippen LogP contribution is 2.39. The van der Waals surface area contributed by atoms with Gasteiger partial charge in [-0.15, -0.1) is 0 Å². The molecule has 2 aliphatic rings. The zero-order valence-electron chi connectivity index (χ0n) is 5.14. The standard InChI is InChI=1S/C8H12/c1-3-7-5-2-6-8(7)4-1/h1,3,7-8H,2,4-6H2. The lowest BCUT2D eigenvalue weighted by atomic mass is 10.0. The maximum atomic E-state index is 2.41. The molecule has 0 saturated heterocycles. The molecule has 2 unspecified atom stereocenters. The van der Waals surface area contributed by atoms with Crippen molar-refractivity contribution in [3.8, 4) is 0 Å². The molecule has 0 aromatic carbocycles. The molecular weight excluding hydrogens is 96.1 g/mol. The first-order valence-corrected chi connectivity index (χ1v) is 3.63. The second-order valence-corrected chi connectivity index (χ2v) is 3.02. The van der Waals surface area contributed by atoms with Crippen molar-refractivity contribution in [2.45, 2.75) is 25.7 Å². The molecule has 0 aromatic heterocycles. The Kier molecular flexibility index (Phi) is 0.927. The van der Waals surface area contributed by atoms with Crippen LogP contribution >= 0.6 is 0 Å². The Labute approximate surface area is 50.6 Å². The fraction of sp³-hybridized carbons (Fsp3) is 0.750. The molecule has 2 atom stereocenters.